The standard InChI is InChI=1S/C16H20N2O2/c1-20-15-6-4-12(5-7-15)16(19)18-17-10-14-9-11-2-3-13(14)8-11/h4-7,10-11,13-14H,2-3,8-9H2,1H3,(H,18,19)/b17-10+. The maximum atomic E-state index is 11.9. The predicted molar refractivity (Wildman–Crippen MR) is 77.9 cm³/mol. The second-order valence-corrected chi connectivity index (χ2v) is 5.79. The molecule has 4 heteroatoms. The Morgan fingerprint density at radius 3 is 2.70 bits per heavy atom. The molecule has 2 aliphatic rings. The zero-order valence-electron chi connectivity index (χ0n) is 11.7. The molecule has 3 rings (SSSR count). The molecular weight excluding hydrogens is 252 g/mol. The quantitative estimate of drug-likeness (QED) is 0.677. The van der Waals surface area contributed by atoms with Crippen LogP contribution in [-0.2, 0) is 0 Å². The van der Waals surface area contributed by atoms with E-state index in [0.29, 0.717) is 11.5 Å². The molecule has 4 nitrogen and oxygen atoms in total. The molecule has 2 saturated carbocycles. The van der Waals surface area contributed by atoms with Crippen molar-refractivity contribution in [3.63, 3.8) is 0 Å². The van der Waals surface area contributed by atoms with Crippen LogP contribution in [0, 0.1) is 17.8 Å². The molecule has 0 heterocycles. The monoisotopic (exact) mass is 272 g/mol. The summed E-state index contributed by atoms with van der Waals surface area (Å²) < 4.78 is 5.06. The molecule has 2 aliphatic carbocycles. The van der Waals surface area contributed by atoms with Crippen molar-refractivity contribution in [2.75, 3.05) is 7.11 Å². The molecule has 1 aromatic carbocycles. The number of fused-ring (bicyclic) bond motifs is 2. The predicted octanol–water partition coefficient (Wildman–Crippen LogP) is 2.85. The van der Waals surface area contributed by atoms with Gasteiger partial charge in [0.25, 0.3) is 5.91 Å². The van der Waals surface area contributed by atoms with Gasteiger partial charge in [-0.1, -0.05) is 6.42 Å². The van der Waals surface area contributed by atoms with Gasteiger partial charge in [-0.05, 0) is 61.3 Å². The van der Waals surface area contributed by atoms with Crippen molar-refractivity contribution in [2.24, 2.45) is 22.9 Å². The van der Waals surface area contributed by atoms with Gasteiger partial charge in [0.15, 0.2) is 0 Å². The lowest BCUT2D eigenvalue weighted by atomic mass is 9.90. The largest absolute Gasteiger partial charge is 0.497 e. The van der Waals surface area contributed by atoms with Gasteiger partial charge in [-0.3, -0.25) is 4.79 Å². The Morgan fingerprint density at radius 2 is 2.10 bits per heavy atom. The van der Waals surface area contributed by atoms with Crippen molar-refractivity contribution in [3.8, 4) is 5.75 Å². The van der Waals surface area contributed by atoms with Crippen molar-refractivity contribution >= 4 is 12.1 Å². The minimum absolute atomic E-state index is 0.174. The van der Waals surface area contributed by atoms with E-state index in [0.717, 1.165) is 17.6 Å². The van der Waals surface area contributed by atoms with Crippen molar-refractivity contribution in [1.82, 2.24) is 5.43 Å². The number of rotatable bonds is 4. The van der Waals surface area contributed by atoms with E-state index in [1.54, 1.807) is 31.4 Å². The Kier molecular flexibility index (Phi) is 3.72. The normalized spacial score (nSPS) is 27.9. The average molecular weight is 272 g/mol. The summed E-state index contributed by atoms with van der Waals surface area (Å²) in [6.07, 6.45) is 7.24. The van der Waals surface area contributed by atoms with E-state index in [2.05, 4.69) is 10.5 Å². The number of nitrogens with zero attached hydrogens (tertiary/aromatic N) is 1. The van der Waals surface area contributed by atoms with E-state index in [1.807, 2.05) is 6.21 Å². The minimum Gasteiger partial charge on any atom is -0.497 e. The Morgan fingerprint density at radius 1 is 1.30 bits per heavy atom. The summed E-state index contributed by atoms with van der Waals surface area (Å²) in [5.41, 5.74) is 3.21. The fraction of sp³-hybridized carbons (Fsp3) is 0.500. The van der Waals surface area contributed by atoms with E-state index < -0.39 is 0 Å². The number of hydrazone groups is 1. The zero-order chi connectivity index (χ0) is 13.9. The lowest BCUT2D eigenvalue weighted by Gasteiger charge is -2.16. The highest BCUT2D eigenvalue weighted by molar-refractivity contribution is 5.94. The highest BCUT2D eigenvalue weighted by Gasteiger charge is 2.38. The molecular formula is C16H20N2O2. The van der Waals surface area contributed by atoms with Gasteiger partial charge in [0.05, 0.1) is 7.11 Å². The molecule has 1 N–H and O–H groups in total. The molecule has 2 bridgehead atoms. The Bertz CT molecular complexity index is 510. The molecule has 1 aromatic rings. The number of carbonyl (C=O) groups excluding carboxylic acids is 1. The van der Waals surface area contributed by atoms with Gasteiger partial charge >= 0.3 is 0 Å². The van der Waals surface area contributed by atoms with Crippen LogP contribution < -0.4 is 10.2 Å². The maximum absolute atomic E-state index is 11.9. The van der Waals surface area contributed by atoms with Crippen LogP contribution in [0.25, 0.3) is 0 Å². The van der Waals surface area contributed by atoms with Crippen molar-refractivity contribution < 1.29 is 9.53 Å². The first kappa shape index (κ1) is 13.2. The lowest BCUT2D eigenvalue weighted by Crippen LogP contribution is -2.20. The maximum Gasteiger partial charge on any atom is 0.271 e. The van der Waals surface area contributed by atoms with Gasteiger partial charge in [-0.2, -0.15) is 5.10 Å². The first-order valence-corrected chi connectivity index (χ1v) is 7.24. The Hall–Kier alpha value is -1.84. The average Bonchev–Trinajstić information content (AvgIpc) is 3.10. The third kappa shape index (κ3) is 2.69. The van der Waals surface area contributed by atoms with Crippen LogP contribution in [0.1, 0.15) is 36.0 Å². The summed E-state index contributed by atoms with van der Waals surface area (Å²) in [7, 11) is 1.61. The molecule has 0 aromatic heterocycles. The van der Waals surface area contributed by atoms with Gasteiger partial charge in [0, 0.05) is 11.8 Å². The van der Waals surface area contributed by atoms with Gasteiger partial charge in [-0.15, -0.1) is 0 Å². The summed E-state index contributed by atoms with van der Waals surface area (Å²) in [4.78, 5) is 11.9. The molecule has 1 amide bonds. The second-order valence-electron chi connectivity index (χ2n) is 5.79. The molecule has 3 atom stereocenters. The number of nitrogens with one attached hydrogen (secondary N) is 1. The molecule has 0 radical (unpaired) electrons. The second kappa shape index (κ2) is 5.65. The molecule has 3 unspecified atom stereocenters. The summed E-state index contributed by atoms with van der Waals surface area (Å²) in [6, 6.07) is 7.02. The number of hydrogen-bond acceptors (Lipinski definition) is 3. The molecule has 2 fully saturated rings. The summed E-state index contributed by atoms with van der Waals surface area (Å²) >= 11 is 0. The fourth-order valence-electron chi connectivity index (χ4n) is 3.48. The van der Waals surface area contributed by atoms with Crippen LogP contribution in [0.5, 0.6) is 5.75 Å². The highest BCUT2D eigenvalue weighted by Crippen LogP contribution is 2.47. The number of amides is 1. The Labute approximate surface area is 119 Å². The van der Waals surface area contributed by atoms with E-state index >= 15 is 0 Å². The lowest BCUT2D eigenvalue weighted by molar-refractivity contribution is 0.0955. The highest BCUT2D eigenvalue weighted by atomic mass is 16.5. The first-order valence-electron chi connectivity index (χ1n) is 7.24. The van der Waals surface area contributed by atoms with Gasteiger partial charge in [0.2, 0.25) is 0 Å². The van der Waals surface area contributed by atoms with Crippen LogP contribution in [-0.4, -0.2) is 19.2 Å². The van der Waals surface area contributed by atoms with E-state index in [1.165, 1.54) is 25.7 Å². The zero-order valence-corrected chi connectivity index (χ0v) is 11.7. The van der Waals surface area contributed by atoms with Gasteiger partial charge in [-0.25, -0.2) is 5.43 Å². The minimum atomic E-state index is -0.174. The first-order chi connectivity index (χ1) is 9.76. The van der Waals surface area contributed by atoms with Crippen molar-refractivity contribution in [2.45, 2.75) is 25.7 Å². The van der Waals surface area contributed by atoms with E-state index in [4.69, 9.17) is 4.74 Å². The Balaban J connectivity index is 1.53. The number of hydrogen-bond donors (Lipinski definition) is 1. The SMILES string of the molecule is COc1ccc(C(=O)N/N=C/C2CC3CCC2C3)cc1. The topological polar surface area (TPSA) is 50.7 Å². The van der Waals surface area contributed by atoms with Crippen LogP contribution >= 0.6 is 0 Å². The molecule has 0 saturated heterocycles. The van der Waals surface area contributed by atoms with Crippen molar-refractivity contribution in [3.05, 3.63) is 29.8 Å². The molecule has 106 valence electrons. The third-order valence-corrected chi connectivity index (χ3v) is 4.58. The van der Waals surface area contributed by atoms with E-state index in [-0.39, 0.29) is 5.91 Å². The molecule has 0 aliphatic heterocycles. The number of methoxy groups -OCH3 is 1. The van der Waals surface area contributed by atoms with Crippen LogP contribution in [0.2, 0.25) is 0 Å². The fourth-order valence-corrected chi connectivity index (χ4v) is 3.48. The smallest absolute Gasteiger partial charge is 0.271 e. The van der Waals surface area contributed by atoms with Gasteiger partial charge in [0.1, 0.15) is 5.75 Å². The molecule has 20 heavy (non-hydrogen) atoms. The van der Waals surface area contributed by atoms with Crippen LogP contribution in [0.15, 0.2) is 29.4 Å². The van der Waals surface area contributed by atoms with Gasteiger partial charge < -0.3 is 4.74 Å². The number of carbonyl (C=O) groups is 1. The summed E-state index contributed by atoms with van der Waals surface area (Å²) in [5, 5.41) is 4.14. The van der Waals surface area contributed by atoms with E-state index in [9.17, 15) is 4.79 Å². The van der Waals surface area contributed by atoms with Crippen LogP contribution in [0.4, 0.5) is 0 Å². The summed E-state index contributed by atoms with van der Waals surface area (Å²) in [6.45, 7) is 0. The molecule has 0 spiro atoms. The third-order valence-electron chi connectivity index (χ3n) is 4.58. The van der Waals surface area contributed by atoms with Crippen LogP contribution in [0.3, 0.4) is 0 Å². The summed E-state index contributed by atoms with van der Waals surface area (Å²) in [5.74, 6) is 2.82. The number of benzene rings is 1. The van der Waals surface area contributed by atoms with Crippen molar-refractivity contribution in [1.29, 1.82) is 0 Å². The number of ether oxygens (including phenoxy) is 1.